The normalized spacial score (nSPS) is 17.3. The monoisotopic (exact) mass is 755 g/mol. The summed E-state index contributed by atoms with van der Waals surface area (Å²) in [6, 6.07) is 10.9. The lowest BCUT2D eigenvalue weighted by molar-refractivity contribution is -0.142. The fourth-order valence-electron chi connectivity index (χ4n) is 6.62. The summed E-state index contributed by atoms with van der Waals surface area (Å²) >= 11 is 0. The van der Waals surface area contributed by atoms with Crippen molar-refractivity contribution in [3.05, 3.63) is 66.2 Å². The first-order chi connectivity index (χ1) is 25.0. The van der Waals surface area contributed by atoms with E-state index in [2.05, 4.69) is 25.9 Å². The van der Waals surface area contributed by atoms with Gasteiger partial charge in [0.15, 0.2) is 0 Å². The molecule has 0 radical (unpaired) electrons. The summed E-state index contributed by atoms with van der Waals surface area (Å²) in [7, 11) is -4.52. The molecule has 1 heterocycles. The highest BCUT2D eigenvalue weighted by Crippen LogP contribution is 2.47. The molecular formula is C38H54N5O9P. The number of carbonyl (C=O) groups is 4. The number of carboxylic acids is 1. The van der Waals surface area contributed by atoms with E-state index < -0.39 is 73.4 Å². The molecule has 1 saturated carbocycles. The standard InChI is InChI=1S/C38H54N5O9P/c1-24(2)30(36(46)47)22-53(49,50)52-33(18-25-12-7-6-8-13-25)43-35(45)32(20-28-21-39-23-40-28)41-34(44)31(42-37(48)51-38(3,4)5)19-27-16-11-15-26-14-9-10-17-29(26)27/h9-11,14-17,21,23-25,30-33H,6-8,12-13,18-20,22H2,1-5H3,(H,39,40)(H,41,44)(H,42,48)(H,43,45)(H,46,47)(H,49,50)/t30?,31?,32-,33?/m0/s1. The van der Waals surface area contributed by atoms with Crippen LogP contribution in [-0.4, -0.2) is 73.9 Å². The maximum atomic E-state index is 14.1. The number of imidazole rings is 1. The lowest BCUT2D eigenvalue weighted by Crippen LogP contribution is -2.56. The van der Waals surface area contributed by atoms with E-state index in [0.717, 1.165) is 48.4 Å². The van der Waals surface area contributed by atoms with Crippen LogP contribution in [-0.2, 0) is 41.1 Å². The van der Waals surface area contributed by atoms with Crippen LogP contribution in [0.25, 0.3) is 10.8 Å². The van der Waals surface area contributed by atoms with Gasteiger partial charge in [-0.3, -0.25) is 23.5 Å². The molecule has 53 heavy (non-hydrogen) atoms. The van der Waals surface area contributed by atoms with Crippen molar-refractivity contribution in [2.75, 3.05) is 6.16 Å². The third kappa shape index (κ3) is 13.3. The first-order valence-electron chi connectivity index (χ1n) is 18.3. The molecule has 0 aliphatic heterocycles. The van der Waals surface area contributed by atoms with Crippen LogP contribution in [0.4, 0.5) is 4.79 Å². The van der Waals surface area contributed by atoms with Gasteiger partial charge < -0.3 is 35.7 Å². The van der Waals surface area contributed by atoms with Crippen molar-refractivity contribution >= 4 is 42.2 Å². The molecule has 290 valence electrons. The number of amides is 3. The molecule has 0 bridgehead atoms. The number of aliphatic carboxylic acids is 1. The van der Waals surface area contributed by atoms with Gasteiger partial charge in [-0.15, -0.1) is 0 Å². The Balaban J connectivity index is 1.61. The van der Waals surface area contributed by atoms with Gasteiger partial charge in [0.25, 0.3) is 0 Å². The highest BCUT2D eigenvalue weighted by Gasteiger charge is 2.37. The van der Waals surface area contributed by atoms with Crippen molar-refractivity contribution in [1.29, 1.82) is 0 Å². The summed E-state index contributed by atoms with van der Waals surface area (Å²) in [4.78, 5) is 71.2. The van der Waals surface area contributed by atoms with E-state index >= 15 is 0 Å². The summed E-state index contributed by atoms with van der Waals surface area (Å²) in [5, 5.41) is 19.7. The van der Waals surface area contributed by atoms with Crippen molar-refractivity contribution < 1.29 is 43.0 Å². The van der Waals surface area contributed by atoms with Crippen LogP contribution < -0.4 is 16.0 Å². The van der Waals surface area contributed by atoms with Crippen LogP contribution in [0.1, 0.15) is 84.4 Å². The summed E-state index contributed by atoms with van der Waals surface area (Å²) in [5.41, 5.74) is 0.398. The number of hydrogen-bond donors (Lipinski definition) is 6. The molecule has 4 rings (SSSR count). The van der Waals surface area contributed by atoms with E-state index in [9.17, 15) is 33.7 Å². The van der Waals surface area contributed by atoms with Gasteiger partial charge in [-0.05, 0) is 55.4 Å². The van der Waals surface area contributed by atoms with Gasteiger partial charge >= 0.3 is 19.7 Å². The Labute approximate surface area is 310 Å². The number of alkyl carbamates (subject to hydrolysis) is 1. The van der Waals surface area contributed by atoms with E-state index in [1.807, 2.05) is 42.5 Å². The van der Waals surface area contributed by atoms with Crippen LogP contribution in [0.3, 0.4) is 0 Å². The minimum Gasteiger partial charge on any atom is -0.481 e. The van der Waals surface area contributed by atoms with Gasteiger partial charge in [0.1, 0.15) is 23.9 Å². The fraction of sp³-hybridized carbons (Fsp3) is 0.553. The molecule has 1 aliphatic rings. The van der Waals surface area contributed by atoms with Gasteiger partial charge in [0, 0.05) is 19.0 Å². The number of fused-ring (bicyclic) bond motifs is 1. The number of nitrogens with one attached hydrogen (secondary N) is 4. The molecule has 5 atom stereocenters. The first-order valence-corrected chi connectivity index (χ1v) is 20.0. The van der Waals surface area contributed by atoms with Crippen molar-refractivity contribution in [3.63, 3.8) is 0 Å². The maximum Gasteiger partial charge on any atom is 0.408 e. The Kier molecular flexibility index (Phi) is 14.6. The summed E-state index contributed by atoms with van der Waals surface area (Å²) in [5.74, 6) is -4.07. The second kappa shape index (κ2) is 18.7. The number of carbonyl (C=O) groups excluding carboxylic acids is 3. The number of rotatable bonds is 17. The zero-order valence-electron chi connectivity index (χ0n) is 31.2. The SMILES string of the molecule is CC(C)C(CP(=O)(O)OC(CC1CCCCC1)NC(=O)[C@H](Cc1c[nH]cn1)NC(=O)C(Cc1cccc2ccccc12)NC(=O)OC(C)(C)C)C(=O)O. The Morgan fingerprint density at radius 1 is 0.943 bits per heavy atom. The molecular weight excluding hydrogens is 701 g/mol. The Morgan fingerprint density at radius 3 is 2.25 bits per heavy atom. The zero-order valence-corrected chi connectivity index (χ0v) is 32.1. The molecule has 1 aliphatic carbocycles. The van der Waals surface area contributed by atoms with Gasteiger partial charge in [-0.1, -0.05) is 88.4 Å². The number of aromatic amines is 1. The van der Waals surface area contributed by atoms with Crippen molar-refractivity contribution in [2.24, 2.45) is 17.8 Å². The second-order valence-electron chi connectivity index (χ2n) is 15.2. The van der Waals surface area contributed by atoms with Crippen LogP contribution >= 0.6 is 7.60 Å². The Morgan fingerprint density at radius 2 is 1.60 bits per heavy atom. The van der Waals surface area contributed by atoms with Crippen LogP contribution in [0, 0.1) is 17.8 Å². The quantitative estimate of drug-likeness (QED) is 0.0732. The number of nitrogens with zero attached hydrogens (tertiary/aromatic N) is 1. The van der Waals surface area contributed by atoms with Crippen LogP contribution in [0.5, 0.6) is 0 Å². The molecule has 2 aromatic carbocycles. The smallest absolute Gasteiger partial charge is 0.408 e. The minimum absolute atomic E-state index is 0.0597. The van der Waals surface area contributed by atoms with E-state index in [1.54, 1.807) is 40.8 Å². The lowest BCUT2D eigenvalue weighted by Gasteiger charge is -2.31. The average Bonchev–Trinajstić information content (AvgIpc) is 3.59. The zero-order chi connectivity index (χ0) is 38.8. The number of benzene rings is 2. The Bertz CT molecular complexity index is 1730. The lowest BCUT2D eigenvalue weighted by atomic mass is 9.86. The summed E-state index contributed by atoms with van der Waals surface area (Å²) in [6.07, 6.45) is 5.26. The highest BCUT2D eigenvalue weighted by molar-refractivity contribution is 7.52. The van der Waals surface area contributed by atoms with Crippen molar-refractivity contribution in [3.8, 4) is 0 Å². The maximum absolute atomic E-state index is 14.1. The minimum atomic E-state index is -4.52. The van der Waals surface area contributed by atoms with Crippen molar-refractivity contribution in [1.82, 2.24) is 25.9 Å². The molecule has 15 heteroatoms. The number of aromatic nitrogens is 2. The predicted octanol–water partition coefficient (Wildman–Crippen LogP) is 5.70. The Hall–Kier alpha value is -4.26. The second-order valence-corrected chi connectivity index (χ2v) is 17.1. The topological polar surface area (TPSA) is 209 Å². The number of carboxylic acid groups (broad SMARTS) is 1. The molecule has 0 saturated heterocycles. The van der Waals surface area contributed by atoms with Gasteiger partial charge in [-0.25, -0.2) is 9.78 Å². The molecule has 14 nitrogen and oxygen atoms in total. The number of H-pyrrole nitrogens is 1. The summed E-state index contributed by atoms with van der Waals surface area (Å²) in [6.45, 7) is 8.41. The highest BCUT2D eigenvalue weighted by atomic mass is 31.2. The predicted molar refractivity (Wildman–Crippen MR) is 200 cm³/mol. The van der Waals surface area contributed by atoms with E-state index in [1.165, 1.54) is 6.33 Å². The average molecular weight is 756 g/mol. The third-order valence-corrected chi connectivity index (χ3v) is 10.8. The molecule has 6 N–H and O–H groups in total. The van der Waals surface area contributed by atoms with Crippen molar-refractivity contribution in [2.45, 2.75) is 110 Å². The van der Waals surface area contributed by atoms with Gasteiger partial charge in [0.2, 0.25) is 11.8 Å². The van der Waals surface area contributed by atoms with Gasteiger partial charge in [-0.2, -0.15) is 0 Å². The van der Waals surface area contributed by atoms with Crippen LogP contribution in [0.15, 0.2) is 55.0 Å². The van der Waals surface area contributed by atoms with Crippen LogP contribution in [0.2, 0.25) is 0 Å². The molecule has 0 spiro atoms. The largest absolute Gasteiger partial charge is 0.481 e. The number of ether oxygens (including phenoxy) is 1. The molecule has 1 fully saturated rings. The molecule has 1 aromatic heterocycles. The molecule has 3 aromatic rings. The van der Waals surface area contributed by atoms with Gasteiger partial charge in [0.05, 0.1) is 24.1 Å². The summed E-state index contributed by atoms with van der Waals surface area (Å²) < 4.78 is 24.6. The third-order valence-electron chi connectivity index (χ3n) is 9.33. The van der Waals surface area contributed by atoms with E-state index in [0.29, 0.717) is 5.69 Å². The van der Waals surface area contributed by atoms with E-state index in [4.69, 9.17) is 9.26 Å². The van der Waals surface area contributed by atoms with E-state index in [-0.39, 0.29) is 25.2 Å². The number of hydrogen-bond acceptors (Lipinski definition) is 8. The molecule has 4 unspecified atom stereocenters. The fourth-order valence-corrected chi connectivity index (χ4v) is 8.32. The molecule has 3 amide bonds. The first kappa shape index (κ1) is 41.5.